The summed E-state index contributed by atoms with van der Waals surface area (Å²) in [6.07, 6.45) is 1.19. The Kier molecular flexibility index (Phi) is 8.60. The van der Waals surface area contributed by atoms with Gasteiger partial charge in [0, 0.05) is 32.7 Å². The summed E-state index contributed by atoms with van der Waals surface area (Å²) in [7, 11) is 0. The smallest absolute Gasteiger partial charge is 0 e. The van der Waals surface area contributed by atoms with Gasteiger partial charge in [0.1, 0.15) is 0 Å². The van der Waals surface area contributed by atoms with Crippen LogP contribution in [0.5, 0.6) is 0 Å². The van der Waals surface area contributed by atoms with Gasteiger partial charge in [-0.05, 0) is 12.6 Å². The molecule has 0 saturated heterocycles. The second-order valence-electron chi connectivity index (χ2n) is 1.89. The van der Waals surface area contributed by atoms with E-state index in [1.54, 1.807) is 13.8 Å². The second kappa shape index (κ2) is 6.43. The van der Waals surface area contributed by atoms with Crippen LogP contribution in [0, 0.1) is 11.8 Å². The Morgan fingerprint density at radius 1 is 1.22 bits per heavy atom. The molecule has 0 saturated carbocycles. The summed E-state index contributed by atoms with van der Waals surface area (Å²) in [4.78, 5) is 19.8. The average Bonchev–Trinajstić information content (AvgIpc) is 1.69. The topological polar surface area (TPSA) is 34.1 Å². The van der Waals surface area contributed by atoms with Crippen LogP contribution in [0.2, 0.25) is 0 Å². The maximum Gasteiger partial charge on any atom is 0 e. The maximum absolute atomic E-state index is 9.91. The Morgan fingerprint density at radius 3 is 1.56 bits per heavy atom. The minimum absolute atomic E-state index is 0. The first-order valence-electron chi connectivity index (χ1n) is 2.49. The molecule has 0 aliphatic heterocycles. The van der Waals surface area contributed by atoms with Gasteiger partial charge < -0.3 is 9.59 Å². The van der Waals surface area contributed by atoms with Crippen LogP contribution >= 0.6 is 0 Å². The Morgan fingerprint density at radius 2 is 1.56 bits per heavy atom. The van der Waals surface area contributed by atoms with Gasteiger partial charge in [-0.2, -0.15) is 0 Å². The zero-order valence-electron chi connectivity index (χ0n) is 5.63. The van der Waals surface area contributed by atoms with Gasteiger partial charge in [0.25, 0.3) is 0 Å². The van der Waals surface area contributed by atoms with Gasteiger partial charge in [-0.15, -0.1) is 5.92 Å². The van der Waals surface area contributed by atoms with E-state index in [0.717, 1.165) is 0 Å². The fourth-order valence-corrected chi connectivity index (χ4v) is 0.300. The van der Waals surface area contributed by atoms with Crippen molar-refractivity contribution in [3.05, 3.63) is 5.92 Å². The normalized spacial score (nSPS) is 7.89. The zero-order valence-corrected chi connectivity index (χ0v) is 8.46. The van der Waals surface area contributed by atoms with Crippen molar-refractivity contribution < 1.29 is 42.3 Å². The van der Waals surface area contributed by atoms with Crippen LogP contribution in [0.4, 0.5) is 0 Å². The first kappa shape index (κ1) is 12.0. The molecule has 0 bridgehead atoms. The molecule has 0 aromatic rings. The molecule has 49 valence electrons. The van der Waals surface area contributed by atoms with Crippen LogP contribution in [0.15, 0.2) is 0 Å². The molecule has 0 N–H and O–H groups in total. The molecule has 0 aromatic heterocycles. The molecule has 1 radical (unpaired) electrons. The molecule has 0 aromatic carbocycles. The van der Waals surface area contributed by atoms with E-state index in [0.29, 0.717) is 18.5 Å². The van der Waals surface area contributed by atoms with Crippen LogP contribution < -0.4 is 0 Å². The fourth-order valence-electron chi connectivity index (χ4n) is 0.300. The van der Waals surface area contributed by atoms with Crippen molar-refractivity contribution in [1.29, 1.82) is 0 Å². The van der Waals surface area contributed by atoms with Crippen molar-refractivity contribution in [3.8, 4) is 0 Å². The van der Waals surface area contributed by atoms with Gasteiger partial charge >= 0.3 is 0 Å². The molecule has 0 rings (SSSR count). The Labute approximate surface area is 80.3 Å². The summed E-state index contributed by atoms with van der Waals surface area (Å²) >= 11 is 0. The van der Waals surface area contributed by atoms with Crippen molar-refractivity contribution in [2.24, 2.45) is 5.92 Å². The van der Waals surface area contributed by atoms with Crippen LogP contribution in [-0.2, 0) is 42.3 Å². The summed E-state index contributed by atoms with van der Waals surface area (Å²) in [5, 5.41) is 0. The summed E-state index contributed by atoms with van der Waals surface area (Å²) in [6, 6.07) is 0. The first-order valence-corrected chi connectivity index (χ1v) is 2.49. The molecule has 0 aliphatic carbocycles. The molecular formula is C6H9O2Y-. The van der Waals surface area contributed by atoms with Crippen molar-refractivity contribution in [2.75, 3.05) is 0 Å². The van der Waals surface area contributed by atoms with Crippen molar-refractivity contribution in [2.45, 2.75) is 13.8 Å². The Hall–Kier alpha value is 0.314. The average molecular weight is 202 g/mol. The van der Waals surface area contributed by atoms with Crippen LogP contribution in [0.25, 0.3) is 0 Å². The van der Waals surface area contributed by atoms with E-state index in [1.165, 1.54) is 0 Å². The molecule has 3 heteroatoms. The predicted octanol–water partition coefficient (Wildman–Crippen LogP) is 0.612. The second-order valence-corrected chi connectivity index (χ2v) is 1.89. The van der Waals surface area contributed by atoms with Crippen LogP contribution in [-0.4, -0.2) is 12.6 Å². The van der Waals surface area contributed by atoms with Crippen molar-refractivity contribution >= 4 is 12.6 Å². The first-order chi connectivity index (χ1) is 3.72. The summed E-state index contributed by atoms with van der Waals surface area (Å²) in [5.41, 5.74) is 0. The van der Waals surface area contributed by atoms with E-state index >= 15 is 0 Å². The van der Waals surface area contributed by atoms with E-state index in [-0.39, 0.29) is 38.6 Å². The Bertz CT molecular complexity index is 83.1. The van der Waals surface area contributed by atoms with E-state index in [2.05, 4.69) is 0 Å². The molecule has 2 nitrogen and oxygen atoms in total. The van der Waals surface area contributed by atoms with Gasteiger partial charge in [-0.1, -0.05) is 13.8 Å². The standard InChI is InChI=1S/C6H9O2.Y/c1-5(2)6(3-7)4-8;/h3-5H,1-2H3;/q-1;. The monoisotopic (exact) mass is 202 g/mol. The third-order valence-electron chi connectivity index (χ3n) is 0.939. The fraction of sp³-hybridized carbons (Fsp3) is 0.500. The third-order valence-corrected chi connectivity index (χ3v) is 0.939. The molecule has 0 aliphatic rings. The molecular weight excluding hydrogens is 193 g/mol. The Balaban J connectivity index is 0. The minimum atomic E-state index is 0. The van der Waals surface area contributed by atoms with Crippen LogP contribution in [0.3, 0.4) is 0 Å². The van der Waals surface area contributed by atoms with Gasteiger partial charge in [-0.3, -0.25) is 5.92 Å². The van der Waals surface area contributed by atoms with Gasteiger partial charge in [0.05, 0.1) is 0 Å². The maximum atomic E-state index is 9.91. The number of rotatable bonds is 3. The SMILES string of the molecule is CC(C)[C-](C=O)C=O.[Y]. The zero-order chi connectivity index (χ0) is 6.57. The molecule has 0 spiro atoms. The van der Waals surface area contributed by atoms with E-state index in [4.69, 9.17) is 0 Å². The number of carbonyl (C=O) groups excluding carboxylic acids is 2. The summed E-state index contributed by atoms with van der Waals surface area (Å²) in [6.45, 7) is 3.61. The predicted molar refractivity (Wildman–Crippen MR) is 30.2 cm³/mol. The van der Waals surface area contributed by atoms with Gasteiger partial charge in [-0.25, -0.2) is 0 Å². The quantitative estimate of drug-likeness (QED) is 0.381. The third kappa shape index (κ3) is 4.80. The largest absolute Gasteiger partial charge is 0.337 e. The van der Waals surface area contributed by atoms with E-state index in [9.17, 15) is 9.59 Å². The van der Waals surface area contributed by atoms with Crippen LogP contribution in [0.1, 0.15) is 13.8 Å². The number of hydrogen-bond donors (Lipinski definition) is 0. The van der Waals surface area contributed by atoms with Gasteiger partial charge in [0.2, 0.25) is 0 Å². The van der Waals surface area contributed by atoms with Crippen molar-refractivity contribution in [1.82, 2.24) is 0 Å². The number of aldehydes is 2. The number of carbonyl (C=O) groups is 2. The molecule has 9 heavy (non-hydrogen) atoms. The van der Waals surface area contributed by atoms with Gasteiger partial charge in [0.15, 0.2) is 0 Å². The van der Waals surface area contributed by atoms with E-state index < -0.39 is 0 Å². The summed E-state index contributed by atoms with van der Waals surface area (Å²) < 4.78 is 0. The van der Waals surface area contributed by atoms with E-state index in [1.807, 2.05) is 0 Å². The molecule has 0 amide bonds. The molecule has 0 atom stereocenters. The minimum Gasteiger partial charge on any atom is -0.337 e. The molecule has 0 unspecified atom stereocenters. The van der Waals surface area contributed by atoms with Crippen molar-refractivity contribution in [3.63, 3.8) is 0 Å². The number of hydrogen-bond acceptors (Lipinski definition) is 2. The molecule has 0 heterocycles. The molecule has 0 fully saturated rings. The summed E-state index contributed by atoms with van der Waals surface area (Å²) in [5.74, 6) is 0.384.